The molecule has 0 unspecified atom stereocenters. The number of nitrogens with two attached hydrogens (primary N) is 1. The molecule has 0 aliphatic rings. The number of anilines is 5. The Labute approximate surface area is 169 Å². The van der Waals surface area contributed by atoms with Crippen LogP contribution in [-0.4, -0.2) is 21.6 Å². The topological polar surface area (TPSA) is 98.0 Å². The number of para-hydroxylation sites is 2. The number of ether oxygens (including phenoxy) is 1. The highest BCUT2D eigenvalue weighted by Crippen LogP contribution is 2.35. The van der Waals surface area contributed by atoms with Gasteiger partial charge in [-0.1, -0.05) is 23.7 Å². The van der Waals surface area contributed by atoms with Gasteiger partial charge in [-0.05, 0) is 25.1 Å². The molecule has 2 aromatic heterocycles. The number of alkyl halides is 3. The normalized spacial score (nSPS) is 11.2. The van der Waals surface area contributed by atoms with E-state index in [1.54, 1.807) is 12.1 Å². The Kier molecular flexibility index (Phi) is 5.92. The third kappa shape index (κ3) is 4.77. The van der Waals surface area contributed by atoms with E-state index in [0.29, 0.717) is 24.2 Å². The van der Waals surface area contributed by atoms with E-state index in [0.717, 1.165) is 6.07 Å². The molecular weight excluding hydrogens is 409 g/mol. The second-order valence-electron chi connectivity index (χ2n) is 5.72. The summed E-state index contributed by atoms with van der Waals surface area (Å²) in [5.74, 6) is 0.990. The number of hydrogen-bond donors (Lipinski definition) is 3. The summed E-state index contributed by atoms with van der Waals surface area (Å²) in [5.41, 5.74) is 5.91. The third-order valence-electron chi connectivity index (χ3n) is 3.73. The predicted molar refractivity (Wildman–Crippen MR) is 105 cm³/mol. The van der Waals surface area contributed by atoms with E-state index in [4.69, 9.17) is 22.1 Å². The maximum absolute atomic E-state index is 12.8. The number of nitrogen functional groups attached to an aromatic ring is 1. The molecule has 1 aromatic carbocycles. The number of hydrogen-bond acceptors (Lipinski definition) is 7. The minimum Gasteiger partial charge on any atom is -0.492 e. The van der Waals surface area contributed by atoms with Crippen LogP contribution in [0.2, 0.25) is 5.02 Å². The SMILES string of the molecule is CCOc1ccccc1Nc1ncnc(Nc2ncc(C(F)(F)F)cc2Cl)c1N. The lowest BCUT2D eigenvalue weighted by molar-refractivity contribution is -0.137. The van der Waals surface area contributed by atoms with Gasteiger partial charge in [0.2, 0.25) is 0 Å². The first-order chi connectivity index (χ1) is 13.8. The van der Waals surface area contributed by atoms with Gasteiger partial charge in [0.05, 0.1) is 22.9 Å². The predicted octanol–water partition coefficient (Wildman–Crippen LogP) is 5.01. The standard InChI is InChI=1S/C18H16ClF3N6O/c1-2-29-13-6-4-3-5-12(13)27-16-14(23)17(26-9-25-16)28-15-11(19)7-10(8-24-15)18(20,21)22/h3-9H,2,23H2,1H3,(H2,24,25,26,27,28). The molecule has 11 heteroatoms. The molecule has 7 nitrogen and oxygen atoms in total. The number of halogens is 4. The molecule has 2 heterocycles. The number of nitrogens with zero attached hydrogens (tertiary/aromatic N) is 3. The average Bonchev–Trinajstić information content (AvgIpc) is 2.67. The van der Waals surface area contributed by atoms with Gasteiger partial charge >= 0.3 is 6.18 Å². The average molecular weight is 425 g/mol. The lowest BCUT2D eigenvalue weighted by atomic mass is 10.2. The van der Waals surface area contributed by atoms with Crippen molar-refractivity contribution < 1.29 is 17.9 Å². The van der Waals surface area contributed by atoms with Crippen LogP contribution in [0.1, 0.15) is 12.5 Å². The van der Waals surface area contributed by atoms with E-state index in [2.05, 4.69) is 25.6 Å². The van der Waals surface area contributed by atoms with Crippen LogP contribution in [0.25, 0.3) is 0 Å². The largest absolute Gasteiger partial charge is 0.492 e. The molecule has 3 rings (SSSR count). The Morgan fingerprint density at radius 3 is 2.41 bits per heavy atom. The van der Waals surface area contributed by atoms with Crippen molar-refractivity contribution in [1.82, 2.24) is 15.0 Å². The smallest absolute Gasteiger partial charge is 0.417 e. The first-order valence-electron chi connectivity index (χ1n) is 8.38. The monoisotopic (exact) mass is 424 g/mol. The van der Waals surface area contributed by atoms with Gasteiger partial charge in [0.15, 0.2) is 11.6 Å². The van der Waals surface area contributed by atoms with E-state index in [9.17, 15) is 13.2 Å². The minimum atomic E-state index is -4.55. The molecule has 0 bridgehead atoms. The number of aromatic nitrogens is 3. The van der Waals surface area contributed by atoms with Crippen molar-refractivity contribution in [1.29, 1.82) is 0 Å². The number of pyridine rings is 1. The van der Waals surface area contributed by atoms with E-state index in [1.165, 1.54) is 6.33 Å². The molecule has 0 aliphatic carbocycles. The lowest BCUT2D eigenvalue weighted by Crippen LogP contribution is -2.09. The summed E-state index contributed by atoms with van der Waals surface area (Å²) in [6, 6.07) is 7.98. The van der Waals surface area contributed by atoms with Crippen molar-refractivity contribution in [2.24, 2.45) is 0 Å². The molecule has 0 radical (unpaired) electrons. The second-order valence-corrected chi connectivity index (χ2v) is 6.12. The molecule has 0 amide bonds. The maximum Gasteiger partial charge on any atom is 0.417 e. The van der Waals surface area contributed by atoms with Gasteiger partial charge in [0.25, 0.3) is 0 Å². The Balaban J connectivity index is 1.87. The van der Waals surface area contributed by atoms with Gasteiger partial charge in [-0.25, -0.2) is 15.0 Å². The summed E-state index contributed by atoms with van der Waals surface area (Å²) in [4.78, 5) is 11.8. The zero-order valence-electron chi connectivity index (χ0n) is 15.1. The number of benzene rings is 1. The van der Waals surface area contributed by atoms with Crippen molar-refractivity contribution in [2.75, 3.05) is 23.0 Å². The quantitative estimate of drug-likeness (QED) is 0.511. The van der Waals surface area contributed by atoms with Crippen molar-refractivity contribution >= 4 is 40.4 Å². The minimum absolute atomic E-state index is 0.0225. The van der Waals surface area contributed by atoms with Crippen LogP contribution >= 0.6 is 11.6 Å². The fraction of sp³-hybridized carbons (Fsp3) is 0.167. The molecule has 152 valence electrons. The Hall–Kier alpha value is -3.27. The highest BCUT2D eigenvalue weighted by molar-refractivity contribution is 6.33. The lowest BCUT2D eigenvalue weighted by Gasteiger charge is -2.15. The molecule has 0 spiro atoms. The van der Waals surface area contributed by atoms with Crippen LogP contribution in [0.3, 0.4) is 0 Å². The van der Waals surface area contributed by atoms with Crippen LogP contribution in [0.4, 0.5) is 42.0 Å². The number of nitrogens with one attached hydrogen (secondary N) is 2. The van der Waals surface area contributed by atoms with Crippen LogP contribution in [0, 0.1) is 0 Å². The zero-order chi connectivity index (χ0) is 21.0. The Morgan fingerprint density at radius 1 is 1.07 bits per heavy atom. The first kappa shape index (κ1) is 20.5. The molecule has 0 saturated carbocycles. The summed E-state index contributed by atoms with van der Waals surface area (Å²) in [6.07, 6.45) is -2.64. The van der Waals surface area contributed by atoms with Gasteiger partial charge in [0.1, 0.15) is 23.6 Å². The summed E-state index contributed by atoms with van der Waals surface area (Å²) in [7, 11) is 0. The Bertz CT molecular complexity index is 1020. The number of rotatable bonds is 6. The van der Waals surface area contributed by atoms with E-state index < -0.39 is 11.7 Å². The van der Waals surface area contributed by atoms with Crippen LogP contribution < -0.4 is 21.1 Å². The van der Waals surface area contributed by atoms with Gasteiger partial charge in [0, 0.05) is 6.20 Å². The van der Waals surface area contributed by atoms with Gasteiger partial charge < -0.3 is 21.1 Å². The summed E-state index contributed by atoms with van der Waals surface area (Å²) >= 11 is 5.92. The van der Waals surface area contributed by atoms with Gasteiger partial charge in [-0.2, -0.15) is 13.2 Å². The van der Waals surface area contributed by atoms with Crippen LogP contribution in [0.5, 0.6) is 5.75 Å². The molecular formula is C18H16ClF3N6O. The maximum atomic E-state index is 12.8. The molecule has 0 aliphatic heterocycles. The first-order valence-corrected chi connectivity index (χ1v) is 8.76. The van der Waals surface area contributed by atoms with Gasteiger partial charge in [-0.3, -0.25) is 0 Å². The molecule has 29 heavy (non-hydrogen) atoms. The molecule has 0 saturated heterocycles. The van der Waals surface area contributed by atoms with Crippen LogP contribution in [0.15, 0.2) is 42.9 Å². The summed E-state index contributed by atoms with van der Waals surface area (Å²) in [6.45, 7) is 2.33. The molecule has 0 fully saturated rings. The highest BCUT2D eigenvalue weighted by atomic mass is 35.5. The van der Waals surface area contributed by atoms with Crippen molar-refractivity contribution in [2.45, 2.75) is 13.1 Å². The summed E-state index contributed by atoms with van der Waals surface area (Å²) in [5, 5.41) is 5.55. The fourth-order valence-electron chi connectivity index (χ4n) is 2.37. The van der Waals surface area contributed by atoms with E-state index >= 15 is 0 Å². The van der Waals surface area contributed by atoms with Crippen molar-refractivity contribution in [3.8, 4) is 5.75 Å². The highest BCUT2D eigenvalue weighted by Gasteiger charge is 2.31. The Morgan fingerprint density at radius 2 is 1.76 bits per heavy atom. The molecule has 0 atom stereocenters. The molecule has 3 aromatic rings. The summed E-state index contributed by atoms with van der Waals surface area (Å²) < 4.78 is 43.8. The molecule has 4 N–H and O–H groups in total. The van der Waals surface area contributed by atoms with E-state index in [1.807, 2.05) is 19.1 Å². The zero-order valence-corrected chi connectivity index (χ0v) is 15.8. The van der Waals surface area contributed by atoms with Crippen LogP contribution in [-0.2, 0) is 6.18 Å². The fourth-order valence-corrected chi connectivity index (χ4v) is 2.58. The van der Waals surface area contributed by atoms with Gasteiger partial charge in [-0.15, -0.1) is 0 Å². The van der Waals surface area contributed by atoms with Crippen molar-refractivity contribution in [3.63, 3.8) is 0 Å². The van der Waals surface area contributed by atoms with Crippen molar-refractivity contribution in [3.05, 3.63) is 53.4 Å². The third-order valence-corrected chi connectivity index (χ3v) is 4.02. The van der Waals surface area contributed by atoms with E-state index in [-0.39, 0.29) is 28.2 Å². The second kappa shape index (κ2) is 8.39.